The average molecular weight is 265 g/mol. The molecule has 0 bridgehead atoms. The van der Waals surface area contributed by atoms with Crippen LogP contribution in [0.2, 0.25) is 0 Å². The summed E-state index contributed by atoms with van der Waals surface area (Å²) < 4.78 is 35.6. The van der Waals surface area contributed by atoms with Crippen molar-refractivity contribution in [2.75, 3.05) is 32.1 Å². The Labute approximate surface area is 99.4 Å². The molecule has 98 valence electrons. The molecule has 0 aromatic rings. The molecule has 1 spiro atoms. The van der Waals surface area contributed by atoms with E-state index in [9.17, 15) is 13.2 Å². The van der Waals surface area contributed by atoms with E-state index >= 15 is 0 Å². The predicted molar refractivity (Wildman–Crippen MR) is 56.9 cm³/mol. The zero-order valence-electron chi connectivity index (χ0n) is 9.29. The van der Waals surface area contributed by atoms with Crippen LogP contribution in [-0.4, -0.2) is 61.6 Å². The number of nitrogens with zero attached hydrogens (tertiary/aromatic N) is 1. The normalized spacial score (nSPS) is 25.2. The lowest BCUT2D eigenvalue weighted by atomic mass is 10.1. The Kier molecular flexibility index (Phi) is 3.39. The van der Waals surface area contributed by atoms with Gasteiger partial charge in [-0.1, -0.05) is 0 Å². The van der Waals surface area contributed by atoms with E-state index in [1.165, 1.54) is 0 Å². The van der Waals surface area contributed by atoms with Crippen LogP contribution >= 0.6 is 0 Å². The Morgan fingerprint density at radius 3 is 2.59 bits per heavy atom. The number of hydrogen-bond donors (Lipinski definition) is 1. The van der Waals surface area contributed by atoms with Crippen molar-refractivity contribution in [1.82, 2.24) is 4.31 Å². The lowest BCUT2D eigenvalue weighted by molar-refractivity contribution is -0.179. The largest absolute Gasteiger partial charge is 0.480 e. The van der Waals surface area contributed by atoms with E-state index in [-0.39, 0.29) is 6.54 Å². The number of carbonyl (C=O) groups is 1. The van der Waals surface area contributed by atoms with Crippen molar-refractivity contribution in [1.29, 1.82) is 0 Å². The molecular weight excluding hydrogens is 250 g/mol. The molecular formula is C9H15NO6S. The molecule has 2 rings (SSSR count). The fraction of sp³-hybridized carbons (Fsp3) is 0.889. The molecule has 0 aliphatic carbocycles. The second-order valence-electron chi connectivity index (χ2n) is 4.19. The number of ether oxygens (including phenoxy) is 2. The van der Waals surface area contributed by atoms with Crippen LogP contribution in [0.25, 0.3) is 0 Å². The minimum atomic E-state index is -3.77. The van der Waals surface area contributed by atoms with Crippen LogP contribution in [0.15, 0.2) is 0 Å². The predicted octanol–water partition coefficient (Wildman–Crippen LogP) is -0.760. The molecule has 8 heteroatoms. The summed E-state index contributed by atoms with van der Waals surface area (Å²) in [7, 11) is -3.77. The lowest BCUT2D eigenvalue weighted by Gasteiger charge is -2.37. The minimum Gasteiger partial charge on any atom is -0.480 e. The van der Waals surface area contributed by atoms with Crippen LogP contribution in [-0.2, 0) is 24.3 Å². The highest BCUT2D eigenvalue weighted by Crippen LogP contribution is 2.31. The van der Waals surface area contributed by atoms with Gasteiger partial charge < -0.3 is 14.6 Å². The summed E-state index contributed by atoms with van der Waals surface area (Å²) in [5.74, 6) is -3.09. The third-order valence-electron chi connectivity index (χ3n) is 2.90. The van der Waals surface area contributed by atoms with Crippen LogP contribution in [0.5, 0.6) is 0 Å². The first-order valence-electron chi connectivity index (χ1n) is 5.41. The summed E-state index contributed by atoms with van der Waals surface area (Å²) in [4.78, 5) is 10.5. The van der Waals surface area contributed by atoms with Gasteiger partial charge in [0.05, 0.1) is 19.8 Å². The second kappa shape index (κ2) is 4.52. The smallest absolute Gasteiger partial charge is 0.320 e. The first kappa shape index (κ1) is 12.7. The van der Waals surface area contributed by atoms with Crippen LogP contribution in [0.4, 0.5) is 0 Å². The highest BCUT2D eigenvalue weighted by atomic mass is 32.2. The molecule has 7 nitrogen and oxygen atoms in total. The van der Waals surface area contributed by atoms with Crippen molar-refractivity contribution < 1.29 is 27.8 Å². The molecule has 0 unspecified atom stereocenters. The van der Waals surface area contributed by atoms with Crippen molar-refractivity contribution in [2.45, 2.75) is 18.6 Å². The van der Waals surface area contributed by atoms with Gasteiger partial charge in [-0.15, -0.1) is 0 Å². The quantitative estimate of drug-likeness (QED) is 0.721. The van der Waals surface area contributed by atoms with Crippen molar-refractivity contribution in [2.24, 2.45) is 0 Å². The van der Waals surface area contributed by atoms with Gasteiger partial charge in [-0.3, -0.25) is 4.79 Å². The van der Waals surface area contributed by atoms with Crippen molar-refractivity contribution >= 4 is 16.0 Å². The van der Waals surface area contributed by atoms with E-state index in [2.05, 4.69) is 0 Å². The molecule has 17 heavy (non-hydrogen) atoms. The molecule has 2 fully saturated rings. The number of aliphatic carboxylic acids is 1. The summed E-state index contributed by atoms with van der Waals surface area (Å²) in [6.07, 6.45) is 1.25. The van der Waals surface area contributed by atoms with Gasteiger partial charge in [0.25, 0.3) is 0 Å². The number of carboxylic acid groups (broad SMARTS) is 1. The molecule has 2 saturated heterocycles. The van der Waals surface area contributed by atoms with Crippen molar-refractivity contribution in [3.63, 3.8) is 0 Å². The monoisotopic (exact) mass is 265 g/mol. The zero-order valence-corrected chi connectivity index (χ0v) is 10.1. The van der Waals surface area contributed by atoms with Crippen molar-refractivity contribution in [3.05, 3.63) is 0 Å². The maximum Gasteiger partial charge on any atom is 0.320 e. The first-order chi connectivity index (χ1) is 7.94. The van der Waals surface area contributed by atoms with Crippen molar-refractivity contribution in [3.8, 4) is 0 Å². The Hall–Kier alpha value is -0.700. The summed E-state index contributed by atoms with van der Waals surface area (Å²) in [6.45, 7) is 1.31. The van der Waals surface area contributed by atoms with E-state index in [1.807, 2.05) is 0 Å². The molecule has 1 N–H and O–H groups in total. The van der Waals surface area contributed by atoms with Gasteiger partial charge in [0, 0.05) is 13.0 Å². The van der Waals surface area contributed by atoms with Crippen LogP contribution in [0.1, 0.15) is 12.8 Å². The SMILES string of the molecule is O=C(O)CS(=O)(=O)N1CCCC2(C1)OCCO2. The Balaban J connectivity index is 2.09. The number of sulfonamides is 1. The number of carboxylic acids is 1. The summed E-state index contributed by atoms with van der Waals surface area (Å²) in [5.41, 5.74) is 0. The molecule has 0 radical (unpaired) electrons. The number of piperidine rings is 1. The van der Waals surface area contributed by atoms with Crippen LogP contribution < -0.4 is 0 Å². The maximum atomic E-state index is 11.8. The van der Waals surface area contributed by atoms with Gasteiger partial charge in [0.1, 0.15) is 0 Å². The van der Waals surface area contributed by atoms with E-state index in [0.717, 1.165) is 4.31 Å². The third kappa shape index (κ3) is 2.76. The molecule has 0 atom stereocenters. The molecule has 0 aromatic carbocycles. The van der Waals surface area contributed by atoms with Crippen LogP contribution in [0.3, 0.4) is 0 Å². The minimum absolute atomic E-state index is 0.0859. The Bertz CT molecular complexity index is 400. The van der Waals surface area contributed by atoms with E-state index < -0.39 is 27.5 Å². The third-order valence-corrected chi connectivity index (χ3v) is 4.61. The van der Waals surface area contributed by atoms with Gasteiger partial charge in [0.15, 0.2) is 11.5 Å². The summed E-state index contributed by atoms with van der Waals surface area (Å²) in [5, 5.41) is 8.57. The number of rotatable bonds is 3. The lowest BCUT2D eigenvalue weighted by Crippen LogP contribution is -2.51. The standard InChI is InChI=1S/C9H15NO6S/c11-8(12)6-17(13,14)10-3-1-2-9(7-10)15-4-5-16-9/h1-7H2,(H,11,12). The molecule has 2 aliphatic heterocycles. The molecule has 2 heterocycles. The van der Waals surface area contributed by atoms with Gasteiger partial charge in [-0.25, -0.2) is 8.42 Å². The fourth-order valence-electron chi connectivity index (χ4n) is 2.17. The molecule has 0 aromatic heterocycles. The Morgan fingerprint density at radius 1 is 1.35 bits per heavy atom. The highest BCUT2D eigenvalue weighted by Gasteiger charge is 2.44. The van der Waals surface area contributed by atoms with Gasteiger partial charge in [-0.05, 0) is 6.42 Å². The fourth-order valence-corrected chi connectivity index (χ4v) is 3.46. The Morgan fingerprint density at radius 2 is 2.00 bits per heavy atom. The zero-order chi connectivity index (χ0) is 12.5. The second-order valence-corrected chi connectivity index (χ2v) is 6.16. The van der Waals surface area contributed by atoms with E-state index in [1.54, 1.807) is 0 Å². The first-order valence-corrected chi connectivity index (χ1v) is 7.02. The highest BCUT2D eigenvalue weighted by molar-refractivity contribution is 7.89. The van der Waals surface area contributed by atoms with E-state index in [0.29, 0.717) is 32.6 Å². The van der Waals surface area contributed by atoms with Crippen LogP contribution in [0, 0.1) is 0 Å². The maximum absolute atomic E-state index is 11.8. The molecule has 0 amide bonds. The van der Waals surface area contributed by atoms with E-state index in [4.69, 9.17) is 14.6 Å². The number of hydrogen-bond acceptors (Lipinski definition) is 5. The average Bonchev–Trinajstić information content (AvgIpc) is 2.64. The summed E-state index contributed by atoms with van der Waals surface area (Å²) >= 11 is 0. The topological polar surface area (TPSA) is 93.1 Å². The summed E-state index contributed by atoms with van der Waals surface area (Å²) in [6, 6.07) is 0. The molecule has 2 aliphatic rings. The van der Waals surface area contributed by atoms with Gasteiger partial charge in [0.2, 0.25) is 10.0 Å². The van der Waals surface area contributed by atoms with Gasteiger partial charge in [-0.2, -0.15) is 4.31 Å². The van der Waals surface area contributed by atoms with Gasteiger partial charge >= 0.3 is 5.97 Å². The molecule has 0 saturated carbocycles.